The van der Waals surface area contributed by atoms with Crippen molar-refractivity contribution < 1.29 is 24.2 Å². The van der Waals surface area contributed by atoms with E-state index >= 15 is 0 Å². The number of phenolic OH excluding ortho intramolecular Hbond substituents is 2. The number of likely N-dealkylation sites (tertiary alicyclic amines) is 1. The van der Waals surface area contributed by atoms with E-state index in [0.29, 0.717) is 25.9 Å². The zero-order valence-corrected chi connectivity index (χ0v) is 14.7. The number of rotatable bonds is 4. The number of halogens is 1. The fourth-order valence-electron chi connectivity index (χ4n) is 3.16. The number of nitrogens with one attached hydrogen (secondary N) is 1. The lowest BCUT2D eigenvalue weighted by atomic mass is 10.0. The van der Waals surface area contributed by atoms with Crippen LogP contribution in [-0.2, 0) is 11.2 Å². The standard InChI is InChI=1S/C20H21FN2O4/c21-15-3-1-13(2-4-15)9-19(26)23-7-5-16(6-8-23)22-20(27)14-10-17(24)12-18(25)11-14/h1-4,10-12,16,24-25H,5-9H2,(H,22,27). The van der Waals surface area contributed by atoms with Gasteiger partial charge in [-0.1, -0.05) is 12.1 Å². The number of amides is 2. The Morgan fingerprint density at radius 2 is 1.63 bits per heavy atom. The minimum Gasteiger partial charge on any atom is -0.508 e. The van der Waals surface area contributed by atoms with E-state index in [4.69, 9.17) is 0 Å². The van der Waals surface area contributed by atoms with Crippen LogP contribution in [0.15, 0.2) is 42.5 Å². The second kappa shape index (κ2) is 8.07. The van der Waals surface area contributed by atoms with E-state index in [9.17, 15) is 24.2 Å². The van der Waals surface area contributed by atoms with E-state index in [2.05, 4.69) is 5.32 Å². The van der Waals surface area contributed by atoms with Gasteiger partial charge in [0.1, 0.15) is 17.3 Å². The van der Waals surface area contributed by atoms with Crippen LogP contribution in [0.25, 0.3) is 0 Å². The van der Waals surface area contributed by atoms with E-state index in [1.54, 1.807) is 17.0 Å². The molecule has 27 heavy (non-hydrogen) atoms. The second-order valence-electron chi connectivity index (χ2n) is 6.67. The number of carbonyl (C=O) groups excluding carboxylic acids is 2. The average molecular weight is 372 g/mol. The molecule has 2 aromatic rings. The largest absolute Gasteiger partial charge is 0.508 e. The lowest BCUT2D eigenvalue weighted by molar-refractivity contribution is -0.131. The molecule has 0 aliphatic carbocycles. The van der Waals surface area contributed by atoms with Gasteiger partial charge in [0, 0.05) is 30.8 Å². The molecule has 2 aromatic carbocycles. The lowest BCUT2D eigenvalue weighted by Gasteiger charge is -2.32. The van der Waals surface area contributed by atoms with Crippen molar-refractivity contribution in [1.82, 2.24) is 10.2 Å². The Bertz CT molecular complexity index is 810. The van der Waals surface area contributed by atoms with Gasteiger partial charge in [-0.3, -0.25) is 9.59 Å². The summed E-state index contributed by atoms with van der Waals surface area (Å²) in [5, 5.41) is 21.8. The smallest absolute Gasteiger partial charge is 0.251 e. The Morgan fingerprint density at radius 1 is 1.04 bits per heavy atom. The predicted molar refractivity (Wildman–Crippen MR) is 96.9 cm³/mol. The van der Waals surface area contributed by atoms with E-state index < -0.39 is 0 Å². The fourth-order valence-corrected chi connectivity index (χ4v) is 3.16. The Morgan fingerprint density at radius 3 is 2.22 bits per heavy atom. The molecule has 2 amide bonds. The van der Waals surface area contributed by atoms with Crippen molar-refractivity contribution >= 4 is 11.8 Å². The molecule has 0 bridgehead atoms. The van der Waals surface area contributed by atoms with Crippen LogP contribution in [0.5, 0.6) is 11.5 Å². The monoisotopic (exact) mass is 372 g/mol. The number of benzene rings is 2. The summed E-state index contributed by atoms with van der Waals surface area (Å²) in [6.45, 7) is 1.05. The summed E-state index contributed by atoms with van der Waals surface area (Å²) in [5.74, 6) is -1.09. The number of piperidine rings is 1. The first-order valence-corrected chi connectivity index (χ1v) is 8.77. The summed E-state index contributed by atoms with van der Waals surface area (Å²) in [5.41, 5.74) is 0.947. The van der Waals surface area contributed by atoms with Gasteiger partial charge < -0.3 is 20.4 Å². The minimum atomic E-state index is -0.378. The molecule has 0 atom stereocenters. The van der Waals surface area contributed by atoms with Crippen LogP contribution < -0.4 is 5.32 Å². The summed E-state index contributed by atoms with van der Waals surface area (Å²) in [7, 11) is 0. The summed E-state index contributed by atoms with van der Waals surface area (Å²) in [6.07, 6.45) is 1.46. The molecule has 0 radical (unpaired) electrons. The highest BCUT2D eigenvalue weighted by molar-refractivity contribution is 5.95. The molecule has 142 valence electrons. The molecule has 1 fully saturated rings. The van der Waals surface area contributed by atoms with Crippen LogP contribution in [0.4, 0.5) is 4.39 Å². The molecule has 3 N–H and O–H groups in total. The number of carbonyl (C=O) groups is 2. The van der Waals surface area contributed by atoms with Gasteiger partial charge in [-0.15, -0.1) is 0 Å². The molecule has 1 saturated heterocycles. The Balaban J connectivity index is 1.50. The van der Waals surface area contributed by atoms with Crippen molar-refractivity contribution in [2.45, 2.75) is 25.3 Å². The molecule has 0 saturated carbocycles. The second-order valence-corrected chi connectivity index (χ2v) is 6.67. The molecular weight excluding hydrogens is 351 g/mol. The molecule has 1 aliphatic heterocycles. The maximum absolute atomic E-state index is 12.9. The van der Waals surface area contributed by atoms with Gasteiger partial charge in [-0.05, 0) is 42.7 Å². The molecule has 0 spiro atoms. The van der Waals surface area contributed by atoms with Crippen LogP contribution in [-0.4, -0.2) is 46.1 Å². The van der Waals surface area contributed by atoms with Gasteiger partial charge in [0.2, 0.25) is 5.91 Å². The number of nitrogens with zero attached hydrogens (tertiary/aromatic N) is 1. The highest BCUT2D eigenvalue weighted by Crippen LogP contribution is 2.21. The van der Waals surface area contributed by atoms with Crippen LogP contribution in [0.2, 0.25) is 0 Å². The number of phenols is 2. The third kappa shape index (κ3) is 4.97. The highest BCUT2D eigenvalue weighted by atomic mass is 19.1. The van der Waals surface area contributed by atoms with E-state index in [1.807, 2.05) is 0 Å². The van der Waals surface area contributed by atoms with E-state index in [0.717, 1.165) is 11.6 Å². The summed E-state index contributed by atoms with van der Waals surface area (Å²) < 4.78 is 12.9. The minimum absolute atomic E-state index is 0.0238. The van der Waals surface area contributed by atoms with E-state index in [-0.39, 0.29) is 47.2 Å². The molecule has 0 unspecified atom stereocenters. The van der Waals surface area contributed by atoms with Crippen molar-refractivity contribution in [3.05, 3.63) is 59.4 Å². The van der Waals surface area contributed by atoms with Gasteiger partial charge >= 0.3 is 0 Å². The molecule has 0 aromatic heterocycles. The summed E-state index contributed by atoms with van der Waals surface area (Å²) in [4.78, 5) is 26.4. The van der Waals surface area contributed by atoms with Gasteiger partial charge in [-0.25, -0.2) is 4.39 Å². The van der Waals surface area contributed by atoms with Crippen molar-refractivity contribution in [2.24, 2.45) is 0 Å². The fraction of sp³-hybridized carbons (Fsp3) is 0.300. The first-order chi connectivity index (χ1) is 12.9. The summed E-state index contributed by atoms with van der Waals surface area (Å²) in [6, 6.07) is 9.52. The molecule has 1 heterocycles. The zero-order chi connectivity index (χ0) is 19.4. The predicted octanol–water partition coefficient (Wildman–Crippen LogP) is 2.20. The number of hydrogen-bond donors (Lipinski definition) is 3. The Kier molecular flexibility index (Phi) is 5.59. The Hall–Kier alpha value is -3.09. The van der Waals surface area contributed by atoms with Crippen molar-refractivity contribution in [2.75, 3.05) is 13.1 Å². The molecule has 7 heteroatoms. The Labute approximate surface area is 156 Å². The zero-order valence-electron chi connectivity index (χ0n) is 14.7. The SMILES string of the molecule is O=C(NC1CCN(C(=O)Cc2ccc(F)cc2)CC1)c1cc(O)cc(O)c1. The first kappa shape index (κ1) is 18.7. The van der Waals surface area contributed by atoms with Crippen LogP contribution >= 0.6 is 0 Å². The number of aromatic hydroxyl groups is 2. The molecule has 3 rings (SSSR count). The molecular formula is C20H21FN2O4. The van der Waals surface area contributed by atoms with Gasteiger partial charge in [-0.2, -0.15) is 0 Å². The average Bonchev–Trinajstić information content (AvgIpc) is 2.63. The normalized spacial score (nSPS) is 14.8. The highest BCUT2D eigenvalue weighted by Gasteiger charge is 2.24. The van der Waals surface area contributed by atoms with Crippen LogP contribution in [0, 0.1) is 5.82 Å². The lowest BCUT2D eigenvalue weighted by Crippen LogP contribution is -2.47. The van der Waals surface area contributed by atoms with Crippen LogP contribution in [0.1, 0.15) is 28.8 Å². The van der Waals surface area contributed by atoms with Crippen molar-refractivity contribution in [1.29, 1.82) is 0 Å². The van der Waals surface area contributed by atoms with Gasteiger partial charge in [0.25, 0.3) is 5.91 Å². The molecule has 6 nitrogen and oxygen atoms in total. The third-order valence-corrected chi connectivity index (χ3v) is 4.62. The van der Waals surface area contributed by atoms with Gasteiger partial charge in [0.15, 0.2) is 0 Å². The first-order valence-electron chi connectivity index (χ1n) is 8.77. The summed E-state index contributed by atoms with van der Waals surface area (Å²) >= 11 is 0. The van der Waals surface area contributed by atoms with Crippen LogP contribution in [0.3, 0.4) is 0 Å². The quantitative estimate of drug-likeness (QED) is 0.768. The number of hydrogen-bond acceptors (Lipinski definition) is 4. The maximum Gasteiger partial charge on any atom is 0.251 e. The molecule has 1 aliphatic rings. The maximum atomic E-state index is 12.9. The van der Waals surface area contributed by atoms with E-state index in [1.165, 1.54) is 24.3 Å². The van der Waals surface area contributed by atoms with Gasteiger partial charge in [0.05, 0.1) is 6.42 Å². The van der Waals surface area contributed by atoms with Crippen molar-refractivity contribution in [3.8, 4) is 11.5 Å². The topological polar surface area (TPSA) is 89.9 Å². The van der Waals surface area contributed by atoms with Crippen molar-refractivity contribution in [3.63, 3.8) is 0 Å². The third-order valence-electron chi connectivity index (χ3n) is 4.62.